The smallest absolute Gasteiger partial charge is 0.242 e. The molecular weight excluding hydrogens is 406 g/mol. The van der Waals surface area contributed by atoms with E-state index in [0.29, 0.717) is 6.54 Å². The molecule has 1 saturated heterocycles. The molecule has 0 unspecified atom stereocenters. The molecule has 4 aromatic rings. The van der Waals surface area contributed by atoms with Crippen molar-refractivity contribution < 1.29 is 9.53 Å². The first-order valence-electron chi connectivity index (χ1n) is 10.5. The molecular formula is C25H25N3O2S. The van der Waals surface area contributed by atoms with E-state index in [1.165, 1.54) is 10.3 Å². The third-order valence-corrected chi connectivity index (χ3v) is 6.82. The van der Waals surface area contributed by atoms with E-state index in [1.807, 2.05) is 29.2 Å². The standard InChI is InChI=1S/C25H25N3O2S/c1-30-21-8-4-7-20(17-21)26-11-13-27(14-12-26)25(29)18-28-22-9-3-2-6-19(22)16-23(28)24-10-5-15-31-24/h2-10,15-17H,11-14,18H2,1H3. The fraction of sp³-hybridized carbons (Fsp3) is 0.240. The predicted molar refractivity (Wildman–Crippen MR) is 127 cm³/mol. The second kappa shape index (κ2) is 8.47. The molecule has 0 radical (unpaired) electrons. The maximum absolute atomic E-state index is 13.2. The third-order valence-electron chi connectivity index (χ3n) is 5.93. The lowest BCUT2D eigenvalue weighted by Gasteiger charge is -2.36. The molecule has 3 heterocycles. The number of ether oxygens (including phenoxy) is 1. The maximum Gasteiger partial charge on any atom is 0.242 e. The average Bonchev–Trinajstić information content (AvgIpc) is 3.48. The Labute approximate surface area is 186 Å². The Kier molecular flexibility index (Phi) is 5.38. The number of piperazine rings is 1. The summed E-state index contributed by atoms with van der Waals surface area (Å²) in [7, 11) is 1.69. The van der Waals surface area contributed by atoms with Crippen LogP contribution in [0.25, 0.3) is 21.5 Å². The Morgan fingerprint density at radius 1 is 0.968 bits per heavy atom. The van der Waals surface area contributed by atoms with Crippen LogP contribution in [0.1, 0.15) is 0 Å². The lowest BCUT2D eigenvalue weighted by atomic mass is 10.2. The van der Waals surface area contributed by atoms with Gasteiger partial charge >= 0.3 is 0 Å². The maximum atomic E-state index is 13.2. The van der Waals surface area contributed by atoms with Crippen LogP contribution < -0.4 is 9.64 Å². The highest BCUT2D eigenvalue weighted by Crippen LogP contribution is 2.31. The van der Waals surface area contributed by atoms with E-state index in [1.54, 1.807) is 18.4 Å². The molecule has 31 heavy (non-hydrogen) atoms. The molecule has 1 aliphatic rings. The first kappa shape index (κ1) is 19.7. The quantitative estimate of drug-likeness (QED) is 0.459. The first-order chi connectivity index (χ1) is 15.2. The van der Waals surface area contributed by atoms with Gasteiger partial charge in [0.25, 0.3) is 0 Å². The van der Waals surface area contributed by atoms with Gasteiger partial charge in [0.2, 0.25) is 5.91 Å². The van der Waals surface area contributed by atoms with Crippen molar-refractivity contribution in [3.05, 3.63) is 72.1 Å². The number of hydrogen-bond acceptors (Lipinski definition) is 4. The van der Waals surface area contributed by atoms with Gasteiger partial charge in [0.15, 0.2) is 0 Å². The van der Waals surface area contributed by atoms with Crippen molar-refractivity contribution in [3.63, 3.8) is 0 Å². The highest BCUT2D eigenvalue weighted by Gasteiger charge is 2.23. The summed E-state index contributed by atoms with van der Waals surface area (Å²) in [6.45, 7) is 3.46. The number of anilines is 1. The van der Waals surface area contributed by atoms with E-state index >= 15 is 0 Å². The number of para-hydroxylation sites is 1. The number of methoxy groups -OCH3 is 1. The van der Waals surface area contributed by atoms with Crippen molar-refractivity contribution in [3.8, 4) is 16.3 Å². The van der Waals surface area contributed by atoms with E-state index in [9.17, 15) is 4.79 Å². The summed E-state index contributed by atoms with van der Waals surface area (Å²) in [5.74, 6) is 1.03. The molecule has 0 atom stereocenters. The molecule has 1 fully saturated rings. The van der Waals surface area contributed by atoms with Crippen molar-refractivity contribution in [2.45, 2.75) is 6.54 Å². The van der Waals surface area contributed by atoms with Crippen LogP contribution in [0.3, 0.4) is 0 Å². The zero-order valence-corrected chi connectivity index (χ0v) is 18.3. The molecule has 0 N–H and O–H groups in total. The molecule has 0 bridgehead atoms. The van der Waals surface area contributed by atoms with Crippen molar-refractivity contribution in [1.29, 1.82) is 0 Å². The Morgan fingerprint density at radius 2 is 1.81 bits per heavy atom. The highest BCUT2D eigenvalue weighted by atomic mass is 32.1. The molecule has 1 amide bonds. The number of thiophene rings is 1. The van der Waals surface area contributed by atoms with Crippen LogP contribution in [0, 0.1) is 0 Å². The average molecular weight is 432 g/mol. The van der Waals surface area contributed by atoms with Crippen LogP contribution in [-0.4, -0.2) is 48.7 Å². The van der Waals surface area contributed by atoms with E-state index in [2.05, 4.69) is 57.3 Å². The largest absolute Gasteiger partial charge is 0.497 e. The van der Waals surface area contributed by atoms with Crippen molar-refractivity contribution >= 4 is 33.8 Å². The Bertz CT molecular complexity index is 1190. The number of hydrogen-bond donors (Lipinski definition) is 0. The van der Waals surface area contributed by atoms with Crippen molar-refractivity contribution in [2.24, 2.45) is 0 Å². The third kappa shape index (κ3) is 3.91. The minimum atomic E-state index is 0.171. The number of fused-ring (bicyclic) bond motifs is 1. The second-order valence-corrected chi connectivity index (χ2v) is 8.67. The molecule has 0 saturated carbocycles. The summed E-state index contributed by atoms with van der Waals surface area (Å²) >= 11 is 1.71. The molecule has 0 aliphatic carbocycles. The highest BCUT2D eigenvalue weighted by molar-refractivity contribution is 7.13. The minimum Gasteiger partial charge on any atom is -0.497 e. The number of amides is 1. The topological polar surface area (TPSA) is 37.7 Å². The number of benzene rings is 2. The van der Waals surface area contributed by atoms with Gasteiger partial charge in [0, 0.05) is 48.8 Å². The molecule has 0 spiro atoms. The summed E-state index contributed by atoms with van der Waals surface area (Å²) in [6.07, 6.45) is 0. The van der Waals surface area contributed by atoms with Gasteiger partial charge < -0.3 is 19.1 Å². The monoisotopic (exact) mass is 431 g/mol. The zero-order chi connectivity index (χ0) is 21.2. The van der Waals surface area contributed by atoms with Gasteiger partial charge in [-0.1, -0.05) is 30.3 Å². The molecule has 5 rings (SSSR count). The van der Waals surface area contributed by atoms with Crippen molar-refractivity contribution in [1.82, 2.24) is 9.47 Å². The molecule has 2 aromatic carbocycles. The van der Waals surface area contributed by atoms with E-state index in [4.69, 9.17) is 4.74 Å². The number of aromatic nitrogens is 1. The SMILES string of the molecule is COc1cccc(N2CCN(C(=O)Cn3c(-c4cccs4)cc4ccccc43)CC2)c1. The van der Waals surface area contributed by atoms with E-state index in [0.717, 1.165) is 48.8 Å². The number of carbonyl (C=O) groups excluding carboxylic acids is 1. The fourth-order valence-electron chi connectivity index (χ4n) is 4.27. The van der Waals surface area contributed by atoms with Crippen LogP contribution in [0.4, 0.5) is 5.69 Å². The summed E-state index contributed by atoms with van der Waals surface area (Å²) < 4.78 is 7.51. The van der Waals surface area contributed by atoms with Crippen LogP contribution in [-0.2, 0) is 11.3 Å². The van der Waals surface area contributed by atoms with Gasteiger partial charge in [-0.05, 0) is 35.7 Å². The molecule has 1 aliphatic heterocycles. The molecule has 2 aromatic heterocycles. The molecule has 158 valence electrons. The summed E-state index contributed by atoms with van der Waals surface area (Å²) in [5.41, 5.74) is 3.36. The Morgan fingerprint density at radius 3 is 2.58 bits per heavy atom. The number of carbonyl (C=O) groups is 1. The summed E-state index contributed by atoms with van der Waals surface area (Å²) in [4.78, 5) is 18.7. The lowest BCUT2D eigenvalue weighted by molar-refractivity contribution is -0.132. The number of rotatable bonds is 5. The molecule has 5 nitrogen and oxygen atoms in total. The van der Waals surface area contributed by atoms with E-state index in [-0.39, 0.29) is 5.91 Å². The van der Waals surface area contributed by atoms with Gasteiger partial charge in [-0.25, -0.2) is 0 Å². The van der Waals surface area contributed by atoms with Gasteiger partial charge in [-0.3, -0.25) is 4.79 Å². The Balaban J connectivity index is 1.32. The van der Waals surface area contributed by atoms with Crippen LogP contribution in [0.15, 0.2) is 72.1 Å². The summed E-state index contributed by atoms with van der Waals surface area (Å²) in [6, 6.07) is 22.8. The normalized spacial score (nSPS) is 14.2. The van der Waals surface area contributed by atoms with Gasteiger partial charge in [0.05, 0.1) is 17.7 Å². The van der Waals surface area contributed by atoms with E-state index < -0.39 is 0 Å². The number of nitrogens with zero attached hydrogens (tertiary/aromatic N) is 3. The summed E-state index contributed by atoms with van der Waals surface area (Å²) in [5, 5.41) is 3.25. The Hall–Kier alpha value is -3.25. The van der Waals surface area contributed by atoms with Gasteiger partial charge in [-0.2, -0.15) is 0 Å². The minimum absolute atomic E-state index is 0.171. The predicted octanol–water partition coefficient (Wildman–Crippen LogP) is 4.73. The van der Waals surface area contributed by atoms with Crippen molar-refractivity contribution in [2.75, 3.05) is 38.2 Å². The van der Waals surface area contributed by atoms with Gasteiger partial charge in [-0.15, -0.1) is 11.3 Å². The first-order valence-corrected chi connectivity index (χ1v) is 11.4. The molecule has 6 heteroatoms. The zero-order valence-electron chi connectivity index (χ0n) is 17.5. The fourth-order valence-corrected chi connectivity index (χ4v) is 5.02. The van der Waals surface area contributed by atoms with Crippen LogP contribution in [0.5, 0.6) is 5.75 Å². The van der Waals surface area contributed by atoms with Crippen LogP contribution >= 0.6 is 11.3 Å². The van der Waals surface area contributed by atoms with Gasteiger partial charge in [0.1, 0.15) is 12.3 Å². The second-order valence-electron chi connectivity index (χ2n) is 7.72. The lowest BCUT2D eigenvalue weighted by Crippen LogP contribution is -2.49. The van der Waals surface area contributed by atoms with Crippen LogP contribution in [0.2, 0.25) is 0 Å².